The number of benzene rings is 2. The van der Waals surface area contributed by atoms with Crippen LogP contribution in [0.1, 0.15) is 44.2 Å². The monoisotopic (exact) mass is 517 g/mol. The van der Waals surface area contributed by atoms with Gasteiger partial charge in [-0.05, 0) is 75.7 Å². The molecule has 2 heterocycles. The number of carbonyl (C=O) groups excluding carboxylic acids is 1. The normalized spacial score (nSPS) is 21.0. The van der Waals surface area contributed by atoms with Crippen LogP contribution in [0.15, 0.2) is 36.4 Å². The number of alkyl halides is 3. The van der Waals surface area contributed by atoms with Gasteiger partial charge in [-0.2, -0.15) is 18.4 Å². The Kier molecular flexibility index (Phi) is 5.46. The van der Waals surface area contributed by atoms with E-state index in [1.54, 1.807) is 43.0 Å². The SMILES string of the molecule is CC(C)(O)C1COc2cc(N3C(=S)N(c4ccc(C#N)c(C(F)(F)F)c4)C(=O)C34CCC4)ccc2O1. The Bertz CT molecular complexity index is 1310. The van der Waals surface area contributed by atoms with Crippen molar-refractivity contribution in [2.45, 2.75) is 56.5 Å². The van der Waals surface area contributed by atoms with Crippen LogP contribution in [-0.4, -0.2) is 40.0 Å². The number of aliphatic hydroxyl groups is 1. The molecule has 1 amide bonds. The van der Waals surface area contributed by atoms with E-state index >= 15 is 0 Å². The van der Waals surface area contributed by atoms with E-state index < -0.39 is 40.5 Å². The third-order valence-corrected chi connectivity index (χ3v) is 7.28. The molecule has 2 aromatic carbocycles. The van der Waals surface area contributed by atoms with E-state index in [4.69, 9.17) is 27.0 Å². The van der Waals surface area contributed by atoms with E-state index in [9.17, 15) is 23.1 Å². The summed E-state index contributed by atoms with van der Waals surface area (Å²) in [7, 11) is 0. The third-order valence-electron chi connectivity index (χ3n) is 6.91. The van der Waals surface area contributed by atoms with E-state index in [-0.39, 0.29) is 17.4 Å². The number of ether oxygens (including phenoxy) is 2. The minimum Gasteiger partial charge on any atom is -0.486 e. The average Bonchev–Trinajstić information content (AvgIpc) is 3.03. The third kappa shape index (κ3) is 3.67. The number of carbonyl (C=O) groups is 1. The van der Waals surface area contributed by atoms with Crippen LogP contribution in [-0.2, 0) is 11.0 Å². The van der Waals surface area contributed by atoms with Crippen molar-refractivity contribution in [2.75, 3.05) is 16.4 Å². The zero-order valence-electron chi connectivity index (χ0n) is 19.4. The van der Waals surface area contributed by atoms with E-state index in [0.717, 1.165) is 23.5 Å². The van der Waals surface area contributed by atoms with Gasteiger partial charge in [0.2, 0.25) is 0 Å². The van der Waals surface area contributed by atoms with Crippen LogP contribution in [0.5, 0.6) is 11.5 Å². The van der Waals surface area contributed by atoms with Gasteiger partial charge in [0, 0.05) is 11.8 Å². The highest BCUT2D eigenvalue weighted by Crippen LogP contribution is 2.50. The second-order valence-electron chi connectivity index (χ2n) is 9.69. The number of nitriles is 1. The maximum absolute atomic E-state index is 13.6. The fraction of sp³-hybridized carbons (Fsp3) is 0.400. The van der Waals surface area contributed by atoms with Gasteiger partial charge < -0.3 is 19.5 Å². The second kappa shape index (κ2) is 8.08. The Labute approximate surface area is 210 Å². The number of nitrogens with zero attached hydrogens (tertiary/aromatic N) is 3. The molecule has 7 nitrogen and oxygen atoms in total. The molecule has 0 bridgehead atoms. The predicted molar refractivity (Wildman–Crippen MR) is 128 cm³/mol. The maximum atomic E-state index is 13.6. The van der Waals surface area contributed by atoms with Gasteiger partial charge in [0.15, 0.2) is 22.7 Å². The first kappa shape index (κ1) is 24.3. The average molecular weight is 518 g/mol. The first-order chi connectivity index (χ1) is 16.9. The first-order valence-corrected chi connectivity index (χ1v) is 11.7. The number of halogens is 3. The second-order valence-corrected chi connectivity index (χ2v) is 10.1. The Hall–Kier alpha value is -3.36. The molecule has 1 N–H and O–H groups in total. The zero-order valence-corrected chi connectivity index (χ0v) is 20.2. The largest absolute Gasteiger partial charge is 0.486 e. The van der Waals surface area contributed by atoms with Crippen LogP contribution in [0.4, 0.5) is 24.5 Å². The van der Waals surface area contributed by atoms with Gasteiger partial charge in [0.25, 0.3) is 5.91 Å². The Morgan fingerprint density at radius 2 is 1.83 bits per heavy atom. The number of amides is 1. The summed E-state index contributed by atoms with van der Waals surface area (Å²) < 4.78 is 52.5. The highest BCUT2D eigenvalue weighted by atomic mass is 32.1. The molecule has 188 valence electrons. The van der Waals surface area contributed by atoms with E-state index in [2.05, 4.69) is 0 Å². The van der Waals surface area contributed by atoms with Crippen LogP contribution in [0.2, 0.25) is 0 Å². The van der Waals surface area contributed by atoms with Crippen molar-refractivity contribution in [1.82, 2.24) is 0 Å². The summed E-state index contributed by atoms with van der Waals surface area (Å²) >= 11 is 5.65. The van der Waals surface area contributed by atoms with Gasteiger partial charge in [0.05, 0.1) is 28.5 Å². The molecule has 1 saturated carbocycles. The standard InChI is InChI=1S/C25H22F3N3O4S/c1-23(2,33)20-13-34-19-11-16(6-7-18(19)35-20)31-22(36)30(21(32)24(31)8-3-9-24)15-5-4-14(12-29)17(10-15)25(26,27)28/h4-7,10-11,20,33H,3,8-9,13H2,1-2H3. The fourth-order valence-corrected chi connectivity index (χ4v) is 5.23. The van der Waals surface area contributed by atoms with Crippen molar-refractivity contribution in [3.63, 3.8) is 0 Å². The highest BCUT2D eigenvalue weighted by Gasteiger charge is 2.59. The van der Waals surface area contributed by atoms with Crippen molar-refractivity contribution >= 4 is 34.6 Å². The first-order valence-electron chi connectivity index (χ1n) is 11.3. The molecule has 1 saturated heterocycles. The van der Waals surface area contributed by atoms with Crippen LogP contribution >= 0.6 is 12.2 Å². The molecule has 2 aromatic rings. The number of fused-ring (bicyclic) bond motifs is 1. The highest BCUT2D eigenvalue weighted by molar-refractivity contribution is 7.81. The molecular weight excluding hydrogens is 495 g/mol. The molecular formula is C25H22F3N3O4S. The maximum Gasteiger partial charge on any atom is 0.417 e. The molecule has 11 heteroatoms. The molecule has 5 rings (SSSR count). The lowest BCUT2D eigenvalue weighted by molar-refractivity contribution is -0.137. The number of hydrogen-bond acceptors (Lipinski definition) is 6. The van der Waals surface area contributed by atoms with Gasteiger partial charge in [-0.1, -0.05) is 0 Å². The summed E-state index contributed by atoms with van der Waals surface area (Å²) in [6, 6.07) is 9.74. The quantitative estimate of drug-likeness (QED) is 0.598. The lowest BCUT2D eigenvalue weighted by Gasteiger charge is -2.43. The van der Waals surface area contributed by atoms with E-state index in [0.29, 0.717) is 30.0 Å². The number of anilines is 2. The summed E-state index contributed by atoms with van der Waals surface area (Å²) in [6.45, 7) is 3.36. The smallest absolute Gasteiger partial charge is 0.417 e. The predicted octanol–water partition coefficient (Wildman–Crippen LogP) is 4.55. The van der Waals surface area contributed by atoms with Crippen molar-refractivity contribution in [3.8, 4) is 17.6 Å². The summed E-state index contributed by atoms with van der Waals surface area (Å²) in [5.74, 6) is 0.428. The van der Waals surface area contributed by atoms with Crippen LogP contribution < -0.4 is 19.3 Å². The van der Waals surface area contributed by atoms with Gasteiger partial charge >= 0.3 is 6.18 Å². The van der Waals surface area contributed by atoms with Crippen molar-refractivity contribution in [3.05, 3.63) is 47.5 Å². The summed E-state index contributed by atoms with van der Waals surface area (Å²) in [6.07, 6.45) is -3.61. The minimum absolute atomic E-state index is 0.0450. The van der Waals surface area contributed by atoms with Crippen LogP contribution in [0.25, 0.3) is 0 Å². The molecule has 3 aliphatic rings. The Morgan fingerprint density at radius 3 is 2.42 bits per heavy atom. The molecule has 0 radical (unpaired) electrons. The molecule has 1 spiro atoms. The van der Waals surface area contributed by atoms with Gasteiger partial charge in [0.1, 0.15) is 12.1 Å². The number of rotatable bonds is 3. The van der Waals surface area contributed by atoms with Crippen molar-refractivity contribution < 1.29 is 32.5 Å². The zero-order chi connectivity index (χ0) is 26.0. The minimum atomic E-state index is -4.77. The van der Waals surface area contributed by atoms with E-state index in [1.807, 2.05) is 0 Å². The van der Waals surface area contributed by atoms with Crippen molar-refractivity contribution in [1.29, 1.82) is 5.26 Å². The fourth-order valence-electron chi connectivity index (χ4n) is 4.76. The Morgan fingerprint density at radius 1 is 1.14 bits per heavy atom. The summed E-state index contributed by atoms with van der Waals surface area (Å²) in [5, 5.41) is 19.4. The topological polar surface area (TPSA) is 86.0 Å². The summed E-state index contributed by atoms with van der Waals surface area (Å²) in [4.78, 5) is 16.4. The molecule has 1 atom stereocenters. The van der Waals surface area contributed by atoms with Crippen LogP contribution in [0, 0.1) is 11.3 Å². The lowest BCUT2D eigenvalue weighted by atomic mass is 9.75. The molecule has 36 heavy (non-hydrogen) atoms. The van der Waals surface area contributed by atoms with Gasteiger partial charge in [-0.3, -0.25) is 9.69 Å². The van der Waals surface area contributed by atoms with Crippen molar-refractivity contribution in [2.24, 2.45) is 0 Å². The number of hydrogen-bond donors (Lipinski definition) is 1. The number of thiocarbonyl (C=S) groups is 1. The van der Waals surface area contributed by atoms with E-state index in [1.165, 1.54) is 6.07 Å². The molecule has 1 unspecified atom stereocenters. The van der Waals surface area contributed by atoms with Gasteiger partial charge in [-0.15, -0.1) is 0 Å². The molecule has 2 fully saturated rings. The summed E-state index contributed by atoms with van der Waals surface area (Å²) in [5.41, 5.74) is -3.29. The molecule has 2 aliphatic heterocycles. The molecule has 1 aliphatic carbocycles. The lowest BCUT2D eigenvalue weighted by Crippen LogP contribution is -2.55. The van der Waals surface area contributed by atoms with Crippen LogP contribution in [0.3, 0.4) is 0 Å². The van der Waals surface area contributed by atoms with Gasteiger partial charge in [-0.25, -0.2) is 0 Å². The Balaban J connectivity index is 1.53. The molecule has 0 aromatic heterocycles.